The summed E-state index contributed by atoms with van der Waals surface area (Å²) in [6.45, 7) is 1.54. The molecule has 2 rings (SSSR count). The number of ether oxygens (including phenoxy) is 2. The number of nitrogens with one attached hydrogen (secondary N) is 1. The number of nitrogens with zero attached hydrogens (tertiary/aromatic N) is 1. The van der Waals surface area contributed by atoms with Gasteiger partial charge in [-0.15, -0.1) is 6.42 Å². The van der Waals surface area contributed by atoms with Crippen molar-refractivity contribution in [2.75, 3.05) is 31.5 Å². The highest BCUT2D eigenvalue weighted by Gasteiger charge is 2.17. The maximum atomic E-state index is 13.8. The third-order valence-electron chi connectivity index (χ3n) is 2.37. The SMILES string of the molecule is C#CCOc1cc(N2COCCN2)c(F)cc1Cl. The first-order chi connectivity index (χ1) is 8.72. The van der Waals surface area contributed by atoms with Crippen molar-refractivity contribution in [3.05, 3.63) is 23.0 Å². The molecule has 0 aliphatic carbocycles. The van der Waals surface area contributed by atoms with Gasteiger partial charge in [0.25, 0.3) is 0 Å². The molecule has 0 radical (unpaired) electrons. The van der Waals surface area contributed by atoms with Gasteiger partial charge in [-0.05, 0) is 6.07 Å². The molecule has 18 heavy (non-hydrogen) atoms. The Morgan fingerprint density at radius 2 is 2.44 bits per heavy atom. The summed E-state index contributed by atoms with van der Waals surface area (Å²) in [5.74, 6) is 2.22. The van der Waals surface area contributed by atoms with Crippen molar-refractivity contribution in [1.29, 1.82) is 0 Å². The predicted octanol–water partition coefficient (Wildman–Crippen LogP) is 1.79. The van der Waals surface area contributed by atoms with E-state index in [0.717, 1.165) is 0 Å². The van der Waals surface area contributed by atoms with Gasteiger partial charge in [0.1, 0.15) is 24.9 Å². The Morgan fingerprint density at radius 3 is 3.11 bits per heavy atom. The average Bonchev–Trinajstić information content (AvgIpc) is 2.39. The summed E-state index contributed by atoms with van der Waals surface area (Å²) >= 11 is 5.87. The number of hydrogen-bond donors (Lipinski definition) is 1. The molecule has 0 atom stereocenters. The largest absolute Gasteiger partial charge is 0.479 e. The van der Waals surface area contributed by atoms with Crippen molar-refractivity contribution in [3.8, 4) is 18.1 Å². The maximum Gasteiger partial charge on any atom is 0.149 e. The zero-order valence-corrected chi connectivity index (χ0v) is 10.3. The first kappa shape index (κ1) is 13.0. The number of halogens is 2. The highest BCUT2D eigenvalue weighted by molar-refractivity contribution is 6.32. The van der Waals surface area contributed by atoms with E-state index in [1.165, 1.54) is 12.1 Å². The van der Waals surface area contributed by atoms with Gasteiger partial charge in [-0.2, -0.15) is 0 Å². The molecule has 4 nitrogen and oxygen atoms in total. The molecular formula is C12H12ClFN2O2. The first-order valence-corrected chi connectivity index (χ1v) is 5.74. The summed E-state index contributed by atoms with van der Waals surface area (Å²) in [6, 6.07) is 2.69. The molecular weight excluding hydrogens is 259 g/mol. The molecule has 0 amide bonds. The van der Waals surface area contributed by atoms with Crippen molar-refractivity contribution in [2.24, 2.45) is 0 Å². The Hall–Kier alpha value is -1.48. The lowest BCUT2D eigenvalue weighted by Gasteiger charge is -2.30. The van der Waals surface area contributed by atoms with Gasteiger partial charge >= 0.3 is 0 Å². The monoisotopic (exact) mass is 270 g/mol. The number of hydrogen-bond acceptors (Lipinski definition) is 4. The van der Waals surface area contributed by atoms with Crippen molar-refractivity contribution >= 4 is 17.3 Å². The van der Waals surface area contributed by atoms with E-state index in [1.807, 2.05) is 0 Å². The third kappa shape index (κ3) is 2.85. The van der Waals surface area contributed by atoms with E-state index < -0.39 is 5.82 Å². The molecule has 0 unspecified atom stereocenters. The van der Waals surface area contributed by atoms with Gasteiger partial charge in [0, 0.05) is 12.6 Å². The smallest absolute Gasteiger partial charge is 0.149 e. The molecule has 1 heterocycles. The van der Waals surface area contributed by atoms with Crippen LogP contribution in [0.3, 0.4) is 0 Å². The minimum atomic E-state index is -0.453. The second-order valence-corrected chi connectivity index (χ2v) is 4.01. The van der Waals surface area contributed by atoms with Gasteiger partial charge in [-0.25, -0.2) is 9.82 Å². The van der Waals surface area contributed by atoms with Crippen LogP contribution in [-0.4, -0.2) is 26.5 Å². The number of hydrazine groups is 1. The fourth-order valence-electron chi connectivity index (χ4n) is 1.56. The van der Waals surface area contributed by atoms with Crippen LogP contribution in [0.5, 0.6) is 5.75 Å². The van der Waals surface area contributed by atoms with E-state index >= 15 is 0 Å². The van der Waals surface area contributed by atoms with E-state index in [-0.39, 0.29) is 18.4 Å². The number of rotatable bonds is 3. The summed E-state index contributed by atoms with van der Waals surface area (Å²) in [4.78, 5) is 0. The second-order valence-electron chi connectivity index (χ2n) is 3.60. The Kier molecular flexibility index (Phi) is 4.26. The van der Waals surface area contributed by atoms with E-state index in [0.29, 0.717) is 24.6 Å². The van der Waals surface area contributed by atoms with Crippen molar-refractivity contribution < 1.29 is 13.9 Å². The topological polar surface area (TPSA) is 33.7 Å². The van der Waals surface area contributed by atoms with Crippen LogP contribution in [0.1, 0.15) is 0 Å². The summed E-state index contributed by atoms with van der Waals surface area (Å²) in [6.07, 6.45) is 5.10. The fraction of sp³-hybridized carbons (Fsp3) is 0.333. The highest BCUT2D eigenvalue weighted by atomic mass is 35.5. The molecule has 0 bridgehead atoms. The Labute approximate surface area is 110 Å². The van der Waals surface area contributed by atoms with Crippen LogP contribution in [0.25, 0.3) is 0 Å². The number of terminal acetylenes is 1. The van der Waals surface area contributed by atoms with Crippen LogP contribution in [-0.2, 0) is 4.74 Å². The lowest BCUT2D eigenvalue weighted by molar-refractivity contribution is 0.0966. The standard InChI is InChI=1S/C12H12ClFN2O2/c1-2-4-18-12-7-11(10(14)6-9(12)13)16-8-17-5-3-15-16/h1,6-7,15H,3-5,8H2. The number of anilines is 1. The van der Waals surface area contributed by atoms with Gasteiger partial charge in [0.2, 0.25) is 0 Å². The normalized spacial score (nSPS) is 15.3. The molecule has 1 N–H and O–H groups in total. The van der Waals surface area contributed by atoms with Crippen molar-refractivity contribution in [3.63, 3.8) is 0 Å². The molecule has 96 valence electrons. The van der Waals surface area contributed by atoms with E-state index in [9.17, 15) is 4.39 Å². The highest BCUT2D eigenvalue weighted by Crippen LogP contribution is 2.32. The Bertz CT molecular complexity index is 470. The zero-order valence-electron chi connectivity index (χ0n) is 9.58. The van der Waals surface area contributed by atoms with Crippen molar-refractivity contribution in [2.45, 2.75) is 0 Å². The molecule has 1 aliphatic rings. The minimum absolute atomic E-state index is 0.0781. The van der Waals surface area contributed by atoms with E-state index in [4.69, 9.17) is 27.5 Å². The Morgan fingerprint density at radius 1 is 1.61 bits per heavy atom. The predicted molar refractivity (Wildman–Crippen MR) is 67.0 cm³/mol. The molecule has 1 fully saturated rings. The van der Waals surface area contributed by atoms with Gasteiger partial charge in [-0.3, -0.25) is 5.01 Å². The van der Waals surface area contributed by atoms with Crippen LogP contribution in [0, 0.1) is 18.2 Å². The van der Waals surface area contributed by atoms with Crippen molar-refractivity contribution in [1.82, 2.24) is 5.43 Å². The van der Waals surface area contributed by atoms with Gasteiger partial charge in [0.05, 0.1) is 17.3 Å². The van der Waals surface area contributed by atoms with Crippen LogP contribution < -0.4 is 15.2 Å². The van der Waals surface area contributed by atoms with Crippen LogP contribution in [0.15, 0.2) is 12.1 Å². The van der Waals surface area contributed by atoms with Gasteiger partial charge < -0.3 is 9.47 Å². The van der Waals surface area contributed by atoms with E-state index in [2.05, 4.69) is 11.3 Å². The average molecular weight is 271 g/mol. The molecule has 1 aromatic carbocycles. The maximum absolute atomic E-state index is 13.8. The Balaban J connectivity index is 2.25. The van der Waals surface area contributed by atoms with E-state index in [1.54, 1.807) is 5.01 Å². The van der Waals surface area contributed by atoms with Crippen LogP contribution in [0.4, 0.5) is 10.1 Å². The minimum Gasteiger partial charge on any atom is -0.479 e. The third-order valence-corrected chi connectivity index (χ3v) is 2.67. The summed E-state index contributed by atoms with van der Waals surface area (Å²) in [7, 11) is 0. The van der Waals surface area contributed by atoms with Crippen LogP contribution >= 0.6 is 11.6 Å². The molecule has 1 saturated heterocycles. The fourth-order valence-corrected chi connectivity index (χ4v) is 1.77. The quantitative estimate of drug-likeness (QED) is 0.849. The van der Waals surface area contributed by atoms with Gasteiger partial charge in [0.15, 0.2) is 0 Å². The zero-order chi connectivity index (χ0) is 13.0. The summed E-state index contributed by atoms with van der Waals surface area (Å²) in [5.41, 5.74) is 3.32. The molecule has 0 aromatic heterocycles. The van der Waals surface area contributed by atoms with Gasteiger partial charge in [-0.1, -0.05) is 17.5 Å². The molecule has 6 heteroatoms. The lowest BCUT2D eigenvalue weighted by Crippen LogP contribution is -2.46. The summed E-state index contributed by atoms with van der Waals surface area (Å²) < 4.78 is 24.3. The molecule has 1 aliphatic heterocycles. The molecule has 0 spiro atoms. The second kappa shape index (κ2) is 5.91. The lowest BCUT2D eigenvalue weighted by atomic mass is 10.2. The first-order valence-electron chi connectivity index (χ1n) is 5.36. The molecule has 0 saturated carbocycles. The molecule has 1 aromatic rings. The summed E-state index contributed by atoms with van der Waals surface area (Å²) in [5, 5.41) is 1.74. The number of benzene rings is 1. The van der Waals surface area contributed by atoms with Crippen LogP contribution in [0.2, 0.25) is 5.02 Å².